The number of hydrogen-bond acceptors (Lipinski definition) is 4. The van der Waals surface area contributed by atoms with Gasteiger partial charge in [-0.05, 0) is 37.3 Å². The molecule has 0 aliphatic carbocycles. The highest BCUT2D eigenvalue weighted by Crippen LogP contribution is 2.18. The van der Waals surface area contributed by atoms with Gasteiger partial charge in [0.25, 0.3) is 5.91 Å². The van der Waals surface area contributed by atoms with Crippen LogP contribution >= 0.6 is 15.9 Å². The van der Waals surface area contributed by atoms with E-state index >= 15 is 0 Å². The van der Waals surface area contributed by atoms with Gasteiger partial charge in [-0.15, -0.1) is 0 Å². The van der Waals surface area contributed by atoms with E-state index in [0.717, 1.165) is 15.7 Å². The fraction of sp³-hybridized carbons (Fsp3) is 0.105. The molecule has 26 heavy (non-hydrogen) atoms. The lowest BCUT2D eigenvalue weighted by Crippen LogP contribution is -2.33. The Bertz CT molecular complexity index is 909. The van der Waals surface area contributed by atoms with Crippen LogP contribution < -0.4 is 10.2 Å². The van der Waals surface area contributed by atoms with Gasteiger partial charge in [0.15, 0.2) is 6.10 Å². The van der Waals surface area contributed by atoms with Crippen molar-refractivity contribution in [3.63, 3.8) is 0 Å². The lowest BCUT2D eigenvalue weighted by Gasteiger charge is -2.12. The van der Waals surface area contributed by atoms with Crippen molar-refractivity contribution < 1.29 is 9.53 Å². The van der Waals surface area contributed by atoms with E-state index < -0.39 is 6.10 Å². The maximum Gasteiger partial charge on any atom is 0.280 e. The van der Waals surface area contributed by atoms with E-state index in [9.17, 15) is 4.79 Å². The number of benzene rings is 2. The molecule has 1 aromatic heterocycles. The van der Waals surface area contributed by atoms with Crippen LogP contribution in [0.3, 0.4) is 0 Å². The number of para-hydroxylation sites is 1. The van der Waals surface area contributed by atoms with Crippen LogP contribution in [0.4, 0.5) is 0 Å². The van der Waals surface area contributed by atoms with Crippen molar-refractivity contribution >= 4 is 28.1 Å². The number of halogens is 1. The van der Waals surface area contributed by atoms with Crippen molar-refractivity contribution in [1.82, 2.24) is 15.2 Å². The van der Waals surface area contributed by atoms with Gasteiger partial charge in [0, 0.05) is 16.2 Å². The third-order valence-corrected chi connectivity index (χ3v) is 3.98. The number of ether oxygens (including phenoxy) is 1. The SMILES string of the molecule is C[C@@H](Oc1cccc(Br)c1)C(=O)N/N=C\c1cnn(-c2ccccc2)c1. The van der Waals surface area contributed by atoms with Crippen molar-refractivity contribution in [2.75, 3.05) is 0 Å². The van der Waals surface area contributed by atoms with Gasteiger partial charge in [-0.3, -0.25) is 4.79 Å². The summed E-state index contributed by atoms with van der Waals surface area (Å²) in [7, 11) is 0. The molecule has 0 aliphatic heterocycles. The molecule has 0 saturated heterocycles. The zero-order chi connectivity index (χ0) is 18.4. The molecule has 3 aromatic rings. The zero-order valence-electron chi connectivity index (χ0n) is 14.0. The van der Waals surface area contributed by atoms with Crippen LogP contribution in [0.25, 0.3) is 5.69 Å². The molecular formula is C19H17BrN4O2. The molecule has 1 amide bonds. The number of nitrogens with one attached hydrogen (secondary N) is 1. The molecule has 132 valence electrons. The van der Waals surface area contributed by atoms with E-state index in [1.54, 1.807) is 29.9 Å². The minimum atomic E-state index is -0.673. The molecule has 0 spiro atoms. The maximum atomic E-state index is 12.1. The van der Waals surface area contributed by atoms with Crippen molar-refractivity contribution in [1.29, 1.82) is 0 Å². The number of nitrogens with zero attached hydrogens (tertiary/aromatic N) is 3. The molecule has 1 atom stereocenters. The number of carbonyl (C=O) groups excluding carboxylic acids is 1. The molecular weight excluding hydrogens is 396 g/mol. The summed E-state index contributed by atoms with van der Waals surface area (Å²) in [4.78, 5) is 12.1. The van der Waals surface area contributed by atoms with Crippen LogP contribution in [0.1, 0.15) is 12.5 Å². The summed E-state index contributed by atoms with van der Waals surface area (Å²) in [5, 5.41) is 8.23. The average molecular weight is 413 g/mol. The maximum absolute atomic E-state index is 12.1. The first kappa shape index (κ1) is 17.9. The van der Waals surface area contributed by atoms with Crippen LogP contribution in [0, 0.1) is 0 Å². The van der Waals surface area contributed by atoms with E-state index in [-0.39, 0.29) is 5.91 Å². The van der Waals surface area contributed by atoms with Crippen LogP contribution in [0.2, 0.25) is 0 Å². The molecule has 0 bridgehead atoms. The standard InChI is InChI=1S/C19H17BrN4O2/c1-14(26-18-9-5-6-16(20)10-18)19(25)23-21-11-15-12-22-24(13-15)17-7-3-2-4-8-17/h2-14H,1H3,(H,23,25)/b21-11-/t14-/m1/s1. The summed E-state index contributed by atoms with van der Waals surface area (Å²) < 4.78 is 8.21. The molecule has 6 nitrogen and oxygen atoms in total. The molecule has 0 radical (unpaired) electrons. The Balaban J connectivity index is 1.55. The molecule has 0 unspecified atom stereocenters. The minimum Gasteiger partial charge on any atom is -0.481 e. The minimum absolute atomic E-state index is 0.336. The van der Waals surface area contributed by atoms with Gasteiger partial charge in [-0.25, -0.2) is 10.1 Å². The van der Waals surface area contributed by atoms with Gasteiger partial charge in [0.1, 0.15) is 5.75 Å². The Labute approximate surface area is 159 Å². The van der Waals surface area contributed by atoms with E-state index in [2.05, 4.69) is 31.6 Å². The number of rotatable bonds is 6. The summed E-state index contributed by atoms with van der Waals surface area (Å²) in [6.07, 6.45) is 4.36. The highest BCUT2D eigenvalue weighted by molar-refractivity contribution is 9.10. The normalized spacial score (nSPS) is 12.1. The molecule has 0 saturated carbocycles. The quantitative estimate of drug-likeness (QED) is 0.497. The number of hydrazone groups is 1. The lowest BCUT2D eigenvalue weighted by molar-refractivity contribution is -0.127. The van der Waals surface area contributed by atoms with Crippen molar-refractivity contribution in [2.45, 2.75) is 13.0 Å². The fourth-order valence-electron chi connectivity index (χ4n) is 2.18. The van der Waals surface area contributed by atoms with Gasteiger partial charge in [-0.1, -0.05) is 40.2 Å². The first-order chi connectivity index (χ1) is 12.6. The second-order valence-corrected chi connectivity index (χ2v) is 6.42. The largest absolute Gasteiger partial charge is 0.481 e. The number of amides is 1. The molecule has 7 heteroatoms. The Morgan fingerprint density at radius 3 is 2.85 bits per heavy atom. The van der Waals surface area contributed by atoms with Crippen LogP contribution in [-0.4, -0.2) is 28.0 Å². The average Bonchev–Trinajstić information content (AvgIpc) is 3.11. The van der Waals surface area contributed by atoms with Crippen molar-refractivity contribution in [3.05, 3.63) is 77.0 Å². The third kappa shape index (κ3) is 4.80. The Morgan fingerprint density at radius 1 is 1.27 bits per heavy atom. The lowest BCUT2D eigenvalue weighted by atomic mass is 10.3. The molecule has 1 heterocycles. The highest BCUT2D eigenvalue weighted by Gasteiger charge is 2.13. The number of carbonyl (C=O) groups is 1. The molecule has 3 rings (SSSR count). The predicted octanol–water partition coefficient (Wildman–Crippen LogP) is 3.55. The molecule has 0 fully saturated rings. The Kier molecular flexibility index (Phi) is 5.80. The van der Waals surface area contributed by atoms with E-state index in [4.69, 9.17) is 4.74 Å². The van der Waals surface area contributed by atoms with E-state index in [1.165, 1.54) is 6.21 Å². The Morgan fingerprint density at radius 2 is 2.08 bits per heavy atom. The second-order valence-electron chi connectivity index (χ2n) is 5.51. The molecule has 0 aliphatic rings. The number of aromatic nitrogens is 2. The van der Waals surface area contributed by atoms with Crippen LogP contribution in [-0.2, 0) is 4.79 Å². The summed E-state index contributed by atoms with van der Waals surface area (Å²) in [6, 6.07) is 17.1. The van der Waals surface area contributed by atoms with Gasteiger partial charge in [-0.2, -0.15) is 10.2 Å². The van der Waals surface area contributed by atoms with Crippen molar-refractivity contribution in [2.24, 2.45) is 5.10 Å². The van der Waals surface area contributed by atoms with Gasteiger partial charge < -0.3 is 4.74 Å². The van der Waals surface area contributed by atoms with Crippen LogP contribution in [0.15, 0.2) is 76.6 Å². The monoisotopic (exact) mass is 412 g/mol. The first-order valence-corrected chi connectivity index (χ1v) is 8.76. The predicted molar refractivity (Wildman–Crippen MR) is 104 cm³/mol. The summed E-state index contributed by atoms with van der Waals surface area (Å²) in [6.45, 7) is 1.67. The first-order valence-electron chi connectivity index (χ1n) is 7.97. The molecule has 1 N–H and O–H groups in total. The van der Waals surface area contributed by atoms with Gasteiger partial charge >= 0.3 is 0 Å². The third-order valence-electron chi connectivity index (χ3n) is 3.49. The topological polar surface area (TPSA) is 68.5 Å². The van der Waals surface area contributed by atoms with Crippen molar-refractivity contribution in [3.8, 4) is 11.4 Å². The highest BCUT2D eigenvalue weighted by atomic mass is 79.9. The smallest absolute Gasteiger partial charge is 0.280 e. The summed E-state index contributed by atoms with van der Waals surface area (Å²) >= 11 is 3.36. The second kappa shape index (κ2) is 8.44. The fourth-order valence-corrected chi connectivity index (χ4v) is 2.56. The number of hydrogen-bond donors (Lipinski definition) is 1. The van der Waals surface area contributed by atoms with E-state index in [1.807, 2.05) is 48.7 Å². The summed E-state index contributed by atoms with van der Waals surface area (Å²) in [5.74, 6) is 0.270. The summed E-state index contributed by atoms with van der Waals surface area (Å²) in [5.41, 5.74) is 4.20. The van der Waals surface area contributed by atoms with Gasteiger partial charge in [0.2, 0.25) is 0 Å². The van der Waals surface area contributed by atoms with E-state index in [0.29, 0.717) is 5.75 Å². The molecule has 2 aromatic carbocycles. The van der Waals surface area contributed by atoms with Crippen LogP contribution in [0.5, 0.6) is 5.75 Å². The van der Waals surface area contributed by atoms with Gasteiger partial charge in [0.05, 0.1) is 18.1 Å². The Hall–Kier alpha value is -2.93. The zero-order valence-corrected chi connectivity index (χ0v) is 15.6.